The van der Waals surface area contributed by atoms with Crippen molar-refractivity contribution in [3.05, 3.63) is 33.9 Å². The van der Waals surface area contributed by atoms with E-state index >= 15 is 0 Å². The average molecular weight is 247 g/mol. The molecular weight excluding hydrogens is 230 g/mol. The maximum atomic E-state index is 11.1. The molecule has 1 aromatic rings. The van der Waals surface area contributed by atoms with Crippen molar-refractivity contribution in [3.8, 4) is 6.07 Å². The topological polar surface area (TPSA) is 79.0 Å². The van der Waals surface area contributed by atoms with Gasteiger partial charge in [0.2, 0.25) is 0 Å². The number of hydrogen-bond donors (Lipinski definition) is 1. The van der Waals surface area contributed by atoms with Gasteiger partial charge in [-0.25, -0.2) is 0 Å². The molecule has 1 rings (SSSR count). The lowest BCUT2D eigenvalue weighted by molar-refractivity contribution is -0.384. The molecule has 0 fully saturated rings. The van der Waals surface area contributed by atoms with E-state index in [4.69, 9.17) is 5.26 Å². The molecule has 1 aromatic carbocycles. The molecule has 0 aliphatic rings. The molecule has 0 saturated carbocycles. The van der Waals surface area contributed by atoms with Gasteiger partial charge in [-0.15, -0.1) is 0 Å². The van der Waals surface area contributed by atoms with Crippen molar-refractivity contribution in [3.63, 3.8) is 0 Å². The minimum absolute atomic E-state index is 0.0867. The molecule has 0 saturated heterocycles. The van der Waals surface area contributed by atoms with Crippen LogP contribution in [0.2, 0.25) is 0 Å². The Balaban J connectivity index is 3.17. The van der Waals surface area contributed by atoms with Crippen LogP contribution in [0.5, 0.6) is 0 Å². The van der Waals surface area contributed by atoms with E-state index < -0.39 is 4.92 Å². The van der Waals surface area contributed by atoms with Crippen LogP contribution in [-0.4, -0.2) is 11.0 Å². The number of nitrogens with one attached hydrogen (secondary N) is 1. The summed E-state index contributed by atoms with van der Waals surface area (Å²) in [5.41, 5.74) is 0.363. The predicted molar refractivity (Wildman–Crippen MR) is 70.4 cm³/mol. The molecule has 96 valence electrons. The van der Waals surface area contributed by atoms with Crippen LogP contribution in [-0.2, 0) is 0 Å². The molecular formula is C13H17N3O2. The fourth-order valence-corrected chi connectivity index (χ4v) is 1.89. The first-order valence-electron chi connectivity index (χ1n) is 5.95. The van der Waals surface area contributed by atoms with Gasteiger partial charge in [-0.2, -0.15) is 5.26 Å². The summed E-state index contributed by atoms with van der Waals surface area (Å²) >= 11 is 0. The molecule has 18 heavy (non-hydrogen) atoms. The van der Waals surface area contributed by atoms with Crippen LogP contribution < -0.4 is 5.32 Å². The molecule has 0 aromatic heterocycles. The van der Waals surface area contributed by atoms with Crippen LogP contribution in [0.4, 0.5) is 11.4 Å². The van der Waals surface area contributed by atoms with Crippen molar-refractivity contribution >= 4 is 11.4 Å². The lowest BCUT2D eigenvalue weighted by atomic mass is 10.0. The number of nitriles is 1. The second-order valence-electron chi connectivity index (χ2n) is 4.47. The predicted octanol–water partition coefficient (Wildman–Crippen LogP) is 3.31. The fraction of sp³-hybridized carbons (Fsp3) is 0.462. The number of nitro groups is 1. The van der Waals surface area contributed by atoms with Gasteiger partial charge in [-0.05, 0) is 24.5 Å². The van der Waals surface area contributed by atoms with Gasteiger partial charge in [0.1, 0.15) is 17.3 Å². The van der Waals surface area contributed by atoms with Crippen molar-refractivity contribution in [2.24, 2.45) is 5.92 Å². The molecule has 0 radical (unpaired) electrons. The van der Waals surface area contributed by atoms with Gasteiger partial charge in [0.25, 0.3) is 0 Å². The Morgan fingerprint density at radius 3 is 2.61 bits per heavy atom. The Morgan fingerprint density at radius 1 is 1.50 bits per heavy atom. The van der Waals surface area contributed by atoms with Crippen LogP contribution in [0.15, 0.2) is 18.2 Å². The lowest BCUT2D eigenvalue weighted by Crippen LogP contribution is -2.25. The molecule has 1 atom stereocenters. The monoisotopic (exact) mass is 247 g/mol. The third-order valence-corrected chi connectivity index (χ3v) is 2.92. The zero-order valence-electron chi connectivity index (χ0n) is 10.8. The smallest absolute Gasteiger partial charge is 0.309 e. The normalized spacial score (nSPS) is 11.9. The van der Waals surface area contributed by atoms with Crippen molar-refractivity contribution in [2.75, 3.05) is 5.32 Å². The van der Waals surface area contributed by atoms with Crippen LogP contribution >= 0.6 is 0 Å². The maximum absolute atomic E-state index is 11.1. The summed E-state index contributed by atoms with van der Waals surface area (Å²) in [6.45, 7) is 6.14. The number of nitrogens with zero attached hydrogens (tertiary/aromatic N) is 2. The first-order valence-corrected chi connectivity index (χ1v) is 5.95. The first-order chi connectivity index (χ1) is 8.51. The molecule has 1 unspecified atom stereocenters. The Labute approximate surface area is 107 Å². The number of rotatable bonds is 5. The van der Waals surface area contributed by atoms with Gasteiger partial charge in [0.05, 0.1) is 4.92 Å². The minimum atomic E-state index is -0.506. The SMILES string of the molecule is CCC(Nc1cccc(C#N)c1[N+](=O)[O-])C(C)C. The van der Waals surface area contributed by atoms with E-state index in [1.165, 1.54) is 6.07 Å². The molecule has 0 aliphatic heterocycles. The van der Waals surface area contributed by atoms with E-state index in [0.717, 1.165) is 6.42 Å². The number of nitro benzene ring substituents is 1. The largest absolute Gasteiger partial charge is 0.376 e. The summed E-state index contributed by atoms with van der Waals surface area (Å²) < 4.78 is 0. The molecule has 0 spiro atoms. The van der Waals surface area contributed by atoms with Gasteiger partial charge in [-0.1, -0.05) is 26.8 Å². The highest BCUT2D eigenvalue weighted by Crippen LogP contribution is 2.29. The van der Waals surface area contributed by atoms with E-state index in [0.29, 0.717) is 11.6 Å². The highest BCUT2D eigenvalue weighted by atomic mass is 16.6. The molecule has 5 nitrogen and oxygen atoms in total. The summed E-state index contributed by atoms with van der Waals surface area (Å²) in [5.74, 6) is 0.361. The summed E-state index contributed by atoms with van der Waals surface area (Å²) in [7, 11) is 0. The zero-order chi connectivity index (χ0) is 13.7. The number of benzene rings is 1. The Bertz CT molecular complexity index is 478. The van der Waals surface area contributed by atoms with Crippen molar-refractivity contribution in [1.29, 1.82) is 5.26 Å². The second kappa shape index (κ2) is 6.01. The van der Waals surface area contributed by atoms with Crippen molar-refractivity contribution in [2.45, 2.75) is 33.2 Å². The van der Waals surface area contributed by atoms with Gasteiger partial charge >= 0.3 is 5.69 Å². The van der Waals surface area contributed by atoms with Gasteiger partial charge < -0.3 is 5.32 Å². The maximum Gasteiger partial charge on any atom is 0.309 e. The highest BCUT2D eigenvalue weighted by Gasteiger charge is 2.22. The van der Waals surface area contributed by atoms with Crippen molar-refractivity contribution < 1.29 is 4.92 Å². The summed E-state index contributed by atoms with van der Waals surface area (Å²) in [5, 5.41) is 23.1. The highest BCUT2D eigenvalue weighted by molar-refractivity contribution is 5.68. The Morgan fingerprint density at radius 2 is 2.17 bits per heavy atom. The third kappa shape index (κ3) is 2.98. The average Bonchev–Trinajstić information content (AvgIpc) is 2.34. The number of anilines is 1. The molecule has 0 bridgehead atoms. The van der Waals surface area contributed by atoms with Gasteiger partial charge in [0, 0.05) is 6.04 Å². The Kier molecular flexibility index (Phi) is 4.67. The lowest BCUT2D eigenvalue weighted by Gasteiger charge is -2.21. The second-order valence-corrected chi connectivity index (χ2v) is 4.47. The number of para-hydroxylation sites is 1. The van der Waals surface area contributed by atoms with Gasteiger partial charge in [0.15, 0.2) is 0 Å². The van der Waals surface area contributed by atoms with E-state index in [-0.39, 0.29) is 17.3 Å². The van der Waals surface area contributed by atoms with Crippen LogP contribution in [0.1, 0.15) is 32.8 Å². The van der Waals surface area contributed by atoms with Crippen LogP contribution in [0.25, 0.3) is 0 Å². The van der Waals surface area contributed by atoms with E-state index in [1.807, 2.05) is 13.0 Å². The van der Waals surface area contributed by atoms with E-state index in [1.54, 1.807) is 12.1 Å². The van der Waals surface area contributed by atoms with Crippen molar-refractivity contribution in [1.82, 2.24) is 0 Å². The molecule has 0 aliphatic carbocycles. The number of hydrogen-bond acceptors (Lipinski definition) is 4. The van der Waals surface area contributed by atoms with Crippen LogP contribution in [0, 0.1) is 27.4 Å². The minimum Gasteiger partial charge on any atom is -0.376 e. The summed E-state index contributed by atoms with van der Waals surface area (Å²) in [6.07, 6.45) is 0.867. The standard InChI is InChI=1S/C13H17N3O2/c1-4-11(9(2)3)15-12-7-5-6-10(8-14)13(12)16(17)18/h5-7,9,11,15H,4H2,1-3H3. The zero-order valence-corrected chi connectivity index (χ0v) is 10.8. The quantitative estimate of drug-likeness (QED) is 0.639. The van der Waals surface area contributed by atoms with E-state index in [9.17, 15) is 10.1 Å². The summed E-state index contributed by atoms with van der Waals surface area (Å²) in [4.78, 5) is 10.5. The third-order valence-electron chi connectivity index (χ3n) is 2.92. The molecule has 5 heteroatoms. The van der Waals surface area contributed by atoms with E-state index in [2.05, 4.69) is 19.2 Å². The first kappa shape index (κ1) is 14.0. The Hall–Kier alpha value is -2.09. The van der Waals surface area contributed by atoms with Crippen LogP contribution in [0.3, 0.4) is 0 Å². The fourth-order valence-electron chi connectivity index (χ4n) is 1.89. The molecule has 1 N–H and O–H groups in total. The van der Waals surface area contributed by atoms with Gasteiger partial charge in [-0.3, -0.25) is 10.1 Å². The molecule has 0 heterocycles. The summed E-state index contributed by atoms with van der Waals surface area (Å²) in [6, 6.07) is 6.76. The molecule has 0 amide bonds.